The summed E-state index contributed by atoms with van der Waals surface area (Å²) in [6.07, 6.45) is -0.393. The maximum absolute atomic E-state index is 11.8. The van der Waals surface area contributed by atoms with Gasteiger partial charge in [-0.05, 0) is 19.1 Å². The van der Waals surface area contributed by atoms with Crippen molar-refractivity contribution in [2.45, 2.75) is 13.1 Å². The summed E-state index contributed by atoms with van der Waals surface area (Å²) in [5.74, 6) is 0.666. The Labute approximate surface area is 88.6 Å². The molecule has 0 aliphatic carbocycles. The van der Waals surface area contributed by atoms with E-state index in [1.54, 1.807) is 13.1 Å². The second-order valence-electron chi connectivity index (χ2n) is 3.51. The summed E-state index contributed by atoms with van der Waals surface area (Å²) >= 11 is 0. The molecule has 0 bridgehead atoms. The summed E-state index contributed by atoms with van der Waals surface area (Å²) in [5, 5.41) is 0. The largest absolute Gasteiger partial charge is 0.493 e. The number of carbonyl (C=O) groups excluding carboxylic acids is 1. The lowest BCUT2D eigenvalue weighted by atomic mass is 10.1. The Bertz CT molecular complexity index is 404. The lowest BCUT2D eigenvalue weighted by Crippen LogP contribution is -2.28. The molecule has 0 fully saturated rings. The smallest absolute Gasteiger partial charge is 0.255 e. The van der Waals surface area contributed by atoms with Gasteiger partial charge in [-0.15, -0.1) is 0 Å². The van der Waals surface area contributed by atoms with Gasteiger partial charge in [0.15, 0.2) is 0 Å². The summed E-state index contributed by atoms with van der Waals surface area (Å²) in [7, 11) is 1.70. The molecule has 1 amide bonds. The van der Waals surface area contributed by atoms with Crippen molar-refractivity contribution in [3.8, 4) is 5.75 Å². The van der Waals surface area contributed by atoms with Crippen LogP contribution in [0.2, 0.25) is 0 Å². The summed E-state index contributed by atoms with van der Waals surface area (Å²) in [5.41, 5.74) is 7.38. The number of rotatable bonds is 2. The first kappa shape index (κ1) is 9.98. The van der Waals surface area contributed by atoms with Gasteiger partial charge in [0.05, 0.1) is 6.61 Å². The Morgan fingerprint density at radius 1 is 1.53 bits per heavy atom. The van der Waals surface area contributed by atoms with Crippen molar-refractivity contribution in [1.29, 1.82) is 0 Å². The first-order valence-electron chi connectivity index (χ1n) is 4.95. The fourth-order valence-corrected chi connectivity index (χ4v) is 1.83. The molecular weight excluding hydrogens is 192 g/mol. The molecule has 15 heavy (non-hydrogen) atoms. The van der Waals surface area contributed by atoms with Crippen LogP contribution in [0.15, 0.2) is 18.2 Å². The van der Waals surface area contributed by atoms with E-state index in [1.807, 2.05) is 19.1 Å². The predicted molar refractivity (Wildman–Crippen MR) is 56.6 cm³/mol. The molecule has 0 aromatic heterocycles. The molecule has 0 spiro atoms. The third-order valence-electron chi connectivity index (χ3n) is 2.63. The van der Waals surface area contributed by atoms with Crippen molar-refractivity contribution in [1.82, 2.24) is 4.90 Å². The Kier molecular flexibility index (Phi) is 2.36. The minimum atomic E-state index is -0.393. The molecule has 0 saturated heterocycles. The minimum absolute atomic E-state index is 0.0425. The second kappa shape index (κ2) is 3.55. The van der Waals surface area contributed by atoms with Crippen LogP contribution < -0.4 is 10.5 Å². The van der Waals surface area contributed by atoms with E-state index in [0.717, 1.165) is 5.56 Å². The third kappa shape index (κ3) is 1.37. The SMILES string of the molecule is CCOc1cccc2c1C(N)N(C)C2=O. The number of benzene rings is 1. The number of nitrogens with zero attached hydrogens (tertiary/aromatic N) is 1. The highest BCUT2D eigenvalue weighted by atomic mass is 16.5. The lowest BCUT2D eigenvalue weighted by Gasteiger charge is -2.16. The molecule has 1 aromatic carbocycles. The third-order valence-corrected chi connectivity index (χ3v) is 2.63. The molecule has 2 rings (SSSR count). The highest BCUT2D eigenvalue weighted by molar-refractivity contribution is 5.99. The maximum Gasteiger partial charge on any atom is 0.255 e. The number of hydrogen-bond acceptors (Lipinski definition) is 3. The molecule has 1 aliphatic rings. The molecule has 4 nitrogen and oxygen atoms in total. The van der Waals surface area contributed by atoms with Crippen LogP contribution in [0.3, 0.4) is 0 Å². The average Bonchev–Trinajstić information content (AvgIpc) is 2.46. The molecule has 2 N–H and O–H groups in total. The molecule has 1 heterocycles. The summed E-state index contributed by atoms with van der Waals surface area (Å²) < 4.78 is 5.46. The van der Waals surface area contributed by atoms with E-state index in [1.165, 1.54) is 4.90 Å². The molecule has 4 heteroatoms. The van der Waals surface area contributed by atoms with Crippen molar-refractivity contribution in [2.24, 2.45) is 5.73 Å². The second-order valence-corrected chi connectivity index (χ2v) is 3.51. The zero-order valence-electron chi connectivity index (χ0n) is 8.86. The Morgan fingerprint density at radius 2 is 2.27 bits per heavy atom. The van der Waals surface area contributed by atoms with Crippen LogP contribution in [0, 0.1) is 0 Å². The molecule has 0 radical (unpaired) electrons. The van der Waals surface area contributed by atoms with E-state index in [4.69, 9.17) is 10.5 Å². The topological polar surface area (TPSA) is 55.6 Å². The first-order chi connectivity index (χ1) is 7.16. The molecule has 1 aromatic rings. The van der Waals surface area contributed by atoms with Crippen molar-refractivity contribution >= 4 is 5.91 Å². The highest BCUT2D eigenvalue weighted by Crippen LogP contribution is 2.35. The quantitative estimate of drug-likeness (QED) is 0.789. The van der Waals surface area contributed by atoms with Crippen molar-refractivity contribution in [3.05, 3.63) is 29.3 Å². The van der Waals surface area contributed by atoms with Gasteiger partial charge in [-0.3, -0.25) is 4.79 Å². The predicted octanol–water partition coefficient (Wildman–Crippen LogP) is 1.13. The van der Waals surface area contributed by atoms with Gasteiger partial charge in [-0.2, -0.15) is 0 Å². The minimum Gasteiger partial charge on any atom is -0.493 e. The summed E-state index contributed by atoms with van der Waals surface area (Å²) in [4.78, 5) is 13.3. The van der Waals surface area contributed by atoms with Crippen molar-refractivity contribution < 1.29 is 9.53 Å². The number of carbonyl (C=O) groups is 1. The van der Waals surface area contributed by atoms with E-state index in [-0.39, 0.29) is 5.91 Å². The Morgan fingerprint density at radius 3 is 2.93 bits per heavy atom. The number of nitrogens with two attached hydrogens (primary N) is 1. The molecule has 1 unspecified atom stereocenters. The van der Waals surface area contributed by atoms with Crippen LogP contribution in [0.1, 0.15) is 29.0 Å². The Balaban J connectivity index is 2.53. The van der Waals surface area contributed by atoms with E-state index in [2.05, 4.69) is 0 Å². The van der Waals surface area contributed by atoms with Crippen molar-refractivity contribution in [3.63, 3.8) is 0 Å². The molecule has 1 atom stereocenters. The van der Waals surface area contributed by atoms with Gasteiger partial charge in [0.25, 0.3) is 5.91 Å². The molecule has 0 saturated carbocycles. The van der Waals surface area contributed by atoms with Crippen LogP contribution in [0.5, 0.6) is 5.75 Å². The standard InChI is InChI=1S/C11H14N2O2/c1-3-15-8-6-4-5-7-9(8)10(12)13(2)11(7)14/h4-6,10H,3,12H2,1-2H3. The monoisotopic (exact) mass is 206 g/mol. The van der Waals surface area contributed by atoms with Gasteiger partial charge < -0.3 is 15.4 Å². The van der Waals surface area contributed by atoms with Gasteiger partial charge in [0.1, 0.15) is 11.9 Å². The number of amides is 1. The fraction of sp³-hybridized carbons (Fsp3) is 0.364. The normalized spacial score (nSPS) is 19.3. The Hall–Kier alpha value is -1.55. The van der Waals surface area contributed by atoms with Crippen LogP contribution in [-0.2, 0) is 0 Å². The summed E-state index contributed by atoms with van der Waals surface area (Å²) in [6.45, 7) is 2.48. The molecule has 1 aliphatic heterocycles. The lowest BCUT2D eigenvalue weighted by molar-refractivity contribution is 0.0777. The van der Waals surface area contributed by atoms with Crippen LogP contribution in [-0.4, -0.2) is 24.5 Å². The van der Waals surface area contributed by atoms with E-state index in [9.17, 15) is 4.79 Å². The summed E-state index contributed by atoms with van der Waals surface area (Å²) in [6, 6.07) is 5.44. The average molecular weight is 206 g/mol. The number of fused-ring (bicyclic) bond motifs is 1. The van der Waals surface area contributed by atoms with Gasteiger partial charge in [0.2, 0.25) is 0 Å². The van der Waals surface area contributed by atoms with Gasteiger partial charge >= 0.3 is 0 Å². The van der Waals surface area contributed by atoms with E-state index < -0.39 is 6.17 Å². The van der Waals surface area contributed by atoms with Gasteiger partial charge in [-0.25, -0.2) is 0 Å². The van der Waals surface area contributed by atoms with Gasteiger partial charge in [-0.1, -0.05) is 6.07 Å². The van der Waals surface area contributed by atoms with E-state index in [0.29, 0.717) is 17.9 Å². The van der Waals surface area contributed by atoms with Crippen LogP contribution in [0.4, 0.5) is 0 Å². The zero-order chi connectivity index (χ0) is 11.0. The number of hydrogen-bond donors (Lipinski definition) is 1. The van der Waals surface area contributed by atoms with E-state index >= 15 is 0 Å². The molecular formula is C11H14N2O2. The maximum atomic E-state index is 11.8. The first-order valence-corrected chi connectivity index (χ1v) is 4.95. The number of ether oxygens (including phenoxy) is 1. The van der Waals surface area contributed by atoms with Crippen molar-refractivity contribution in [2.75, 3.05) is 13.7 Å². The van der Waals surface area contributed by atoms with Gasteiger partial charge in [0, 0.05) is 18.2 Å². The van der Waals surface area contributed by atoms with Crippen LogP contribution >= 0.6 is 0 Å². The fourth-order valence-electron chi connectivity index (χ4n) is 1.83. The zero-order valence-corrected chi connectivity index (χ0v) is 8.86. The molecule has 80 valence electrons. The van der Waals surface area contributed by atoms with Crippen LogP contribution in [0.25, 0.3) is 0 Å². The highest BCUT2D eigenvalue weighted by Gasteiger charge is 2.34.